The lowest BCUT2D eigenvalue weighted by atomic mass is 10.3. The van der Waals surface area contributed by atoms with Gasteiger partial charge in [0.05, 0.1) is 6.26 Å². The van der Waals surface area contributed by atoms with Gasteiger partial charge in [0.15, 0.2) is 17.3 Å². The van der Waals surface area contributed by atoms with Gasteiger partial charge in [0.2, 0.25) is 11.6 Å². The van der Waals surface area contributed by atoms with E-state index >= 15 is 0 Å². The Morgan fingerprint density at radius 2 is 1.77 bits per heavy atom. The van der Waals surface area contributed by atoms with Crippen LogP contribution < -0.4 is 9.80 Å². The molecule has 0 aliphatic carbocycles. The lowest BCUT2D eigenvalue weighted by Crippen LogP contribution is -2.47. The Bertz CT molecular complexity index is 972. The van der Waals surface area contributed by atoms with Gasteiger partial charge in [0.1, 0.15) is 12.1 Å². The second kappa shape index (κ2) is 6.57. The third-order valence-electron chi connectivity index (χ3n) is 4.10. The molecule has 1 fully saturated rings. The highest BCUT2D eigenvalue weighted by molar-refractivity contribution is 5.56. The van der Waals surface area contributed by atoms with Crippen molar-refractivity contribution < 1.29 is 8.83 Å². The zero-order valence-corrected chi connectivity index (χ0v) is 13.7. The second-order valence-electron chi connectivity index (χ2n) is 5.62. The predicted molar refractivity (Wildman–Crippen MR) is 90.1 cm³/mol. The van der Waals surface area contributed by atoms with Crippen molar-refractivity contribution in [1.29, 1.82) is 10.5 Å². The molecule has 9 nitrogen and oxygen atoms in total. The molecule has 0 spiro atoms. The quantitative estimate of drug-likeness (QED) is 0.698. The number of piperazine rings is 1. The van der Waals surface area contributed by atoms with E-state index in [1.165, 1.54) is 6.26 Å². The number of hydrogen-bond acceptors (Lipinski definition) is 9. The lowest BCUT2D eigenvalue weighted by molar-refractivity contribution is 0.500. The van der Waals surface area contributed by atoms with E-state index in [0.717, 1.165) is 5.82 Å². The number of oxazole rings is 1. The van der Waals surface area contributed by atoms with E-state index in [1.54, 1.807) is 24.3 Å². The highest BCUT2D eigenvalue weighted by Crippen LogP contribution is 2.29. The summed E-state index contributed by atoms with van der Waals surface area (Å²) in [5.41, 5.74) is 0.529. The summed E-state index contributed by atoms with van der Waals surface area (Å²) in [7, 11) is 0. The van der Waals surface area contributed by atoms with Crippen LogP contribution in [0.2, 0.25) is 0 Å². The zero-order valence-electron chi connectivity index (χ0n) is 13.7. The SMILES string of the molecule is N#Cc1ccc(N2CCN(c3oc(-c4ccco4)nc3C#N)CC2)nn1. The number of aromatic nitrogens is 3. The molecule has 26 heavy (non-hydrogen) atoms. The van der Waals surface area contributed by atoms with Gasteiger partial charge in [-0.05, 0) is 24.3 Å². The molecule has 3 aromatic heterocycles. The van der Waals surface area contributed by atoms with Gasteiger partial charge >= 0.3 is 0 Å². The second-order valence-corrected chi connectivity index (χ2v) is 5.62. The molecule has 0 aromatic carbocycles. The van der Waals surface area contributed by atoms with Crippen LogP contribution in [0.4, 0.5) is 11.7 Å². The molecule has 0 radical (unpaired) electrons. The van der Waals surface area contributed by atoms with Crippen molar-refractivity contribution in [2.45, 2.75) is 0 Å². The Balaban J connectivity index is 1.49. The summed E-state index contributed by atoms with van der Waals surface area (Å²) in [6.45, 7) is 2.65. The number of furan rings is 1. The first kappa shape index (κ1) is 15.7. The maximum atomic E-state index is 9.35. The summed E-state index contributed by atoms with van der Waals surface area (Å²) in [6, 6.07) is 10.9. The molecule has 0 unspecified atom stereocenters. The molecule has 3 aromatic rings. The minimum absolute atomic E-state index is 0.239. The first-order chi connectivity index (χ1) is 12.8. The monoisotopic (exact) mass is 347 g/mol. The van der Waals surface area contributed by atoms with Crippen LogP contribution in [0.5, 0.6) is 0 Å². The van der Waals surface area contributed by atoms with Crippen molar-refractivity contribution in [3.8, 4) is 23.8 Å². The third kappa shape index (κ3) is 2.82. The van der Waals surface area contributed by atoms with Crippen molar-refractivity contribution in [1.82, 2.24) is 15.2 Å². The fourth-order valence-electron chi connectivity index (χ4n) is 2.80. The standard InChI is InChI=1S/C17H13N7O2/c18-10-12-3-4-15(22-21-12)23-5-7-24(8-6-23)17-13(11-19)20-16(26-17)14-2-1-9-25-14/h1-4,9H,5-8H2. The summed E-state index contributed by atoms with van der Waals surface area (Å²) < 4.78 is 11.1. The van der Waals surface area contributed by atoms with Crippen LogP contribution in [0, 0.1) is 22.7 Å². The first-order valence-corrected chi connectivity index (χ1v) is 7.97. The van der Waals surface area contributed by atoms with Crippen LogP contribution in [0.1, 0.15) is 11.4 Å². The third-order valence-corrected chi connectivity index (χ3v) is 4.10. The topological polar surface area (TPSA) is 119 Å². The molecule has 1 saturated heterocycles. The van der Waals surface area contributed by atoms with Crippen molar-refractivity contribution in [3.63, 3.8) is 0 Å². The van der Waals surface area contributed by atoms with Gasteiger partial charge in [-0.15, -0.1) is 10.2 Å². The number of hydrogen-bond donors (Lipinski definition) is 0. The number of nitrogens with zero attached hydrogens (tertiary/aromatic N) is 7. The predicted octanol–water partition coefficient (Wildman–Crippen LogP) is 1.79. The molecule has 0 amide bonds. The number of anilines is 2. The highest BCUT2D eigenvalue weighted by Gasteiger charge is 2.25. The summed E-state index contributed by atoms with van der Waals surface area (Å²) in [5.74, 6) is 1.95. The van der Waals surface area contributed by atoms with Gasteiger partial charge in [-0.25, -0.2) is 0 Å². The average Bonchev–Trinajstić information content (AvgIpc) is 3.37. The highest BCUT2D eigenvalue weighted by atomic mass is 16.4. The van der Waals surface area contributed by atoms with Gasteiger partial charge in [0.25, 0.3) is 5.89 Å². The Labute approximate surface area is 148 Å². The lowest BCUT2D eigenvalue weighted by Gasteiger charge is -2.34. The van der Waals surface area contributed by atoms with Crippen molar-refractivity contribution in [2.75, 3.05) is 36.0 Å². The minimum Gasteiger partial charge on any atom is -0.459 e. The normalized spacial score (nSPS) is 14.1. The zero-order chi connectivity index (χ0) is 17.9. The molecule has 0 bridgehead atoms. The summed E-state index contributed by atoms with van der Waals surface area (Å²) >= 11 is 0. The van der Waals surface area contributed by atoms with Crippen LogP contribution >= 0.6 is 0 Å². The average molecular weight is 347 g/mol. The van der Waals surface area contributed by atoms with E-state index in [0.29, 0.717) is 43.7 Å². The molecular weight excluding hydrogens is 334 g/mol. The molecule has 9 heteroatoms. The first-order valence-electron chi connectivity index (χ1n) is 7.97. The van der Waals surface area contributed by atoms with Gasteiger partial charge in [-0.3, -0.25) is 0 Å². The maximum Gasteiger partial charge on any atom is 0.266 e. The van der Waals surface area contributed by atoms with Crippen molar-refractivity contribution >= 4 is 11.7 Å². The smallest absolute Gasteiger partial charge is 0.266 e. The van der Waals surface area contributed by atoms with E-state index in [4.69, 9.17) is 14.1 Å². The van der Waals surface area contributed by atoms with Crippen molar-refractivity contribution in [3.05, 3.63) is 41.9 Å². The summed E-state index contributed by atoms with van der Waals surface area (Å²) in [4.78, 5) is 8.26. The van der Waals surface area contributed by atoms with Crippen LogP contribution in [0.25, 0.3) is 11.7 Å². The van der Waals surface area contributed by atoms with E-state index in [9.17, 15) is 5.26 Å². The molecular formula is C17H13N7O2. The maximum absolute atomic E-state index is 9.35. The van der Waals surface area contributed by atoms with Gasteiger partial charge in [-0.2, -0.15) is 15.5 Å². The van der Waals surface area contributed by atoms with Crippen molar-refractivity contribution in [2.24, 2.45) is 0 Å². The summed E-state index contributed by atoms with van der Waals surface area (Å²) in [5, 5.41) is 26.1. The molecule has 128 valence electrons. The molecule has 1 aliphatic rings. The van der Waals surface area contributed by atoms with Crippen LogP contribution in [-0.4, -0.2) is 41.4 Å². The molecule has 4 heterocycles. The van der Waals surface area contributed by atoms with Crippen LogP contribution in [0.15, 0.2) is 39.4 Å². The largest absolute Gasteiger partial charge is 0.459 e. The van der Waals surface area contributed by atoms with Gasteiger partial charge in [0, 0.05) is 26.2 Å². The molecule has 0 saturated carbocycles. The number of rotatable bonds is 3. The van der Waals surface area contributed by atoms with Crippen LogP contribution in [-0.2, 0) is 0 Å². The fourth-order valence-corrected chi connectivity index (χ4v) is 2.80. The van der Waals surface area contributed by atoms with Gasteiger partial charge < -0.3 is 18.6 Å². The van der Waals surface area contributed by atoms with E-state index < -0.39 is 0 Å². The Kier molecular flexibility index (Phi) is 3.96. The molecule has 0 atom stereocenters. The molecule has 4 rings (SSSR count). The Hall–Kier alpha value is -3.85. The van der Waals surface area contributed by atoms with Crippen LogP contribution in [0.3, 0.4) is 0 Å². The minimum atomic E-state index is 0.239. The van der Waals surface area contributed by atoms with Gasteiger partial charge in [-0.1, -0.05) is 0 Å². The number of nitriles is 2. The molecule has 0 N–H and O–H groups in total. The Morgan fingerprint density at radius 1 is 0.962 bits per heavy atom. The molecule has 1 aliphatic heterocycles. The van der Waals surface area contributed by atoms with E-state index in [-0.39, 0.29) is 11.4 Å². The van der Waals surface area contributed by atoms with E-state index in [2.05, 4.69) is 26.2 Å². The fraction of sp³-hybridized carbons (Fsp3) is 0.235. The van der Waals surface area contributed by atoms with E-state index in [1.807, 2.05) is 11.0 Å². The Morgan fingerprint density at radius 3 is 2.38 bits per heavy atom. The summed E-state index contributed by atoms with van der Waals surface area (Å²) in [6.07, 6.45) is 1.53.